The molecule has 0 aliphatic carbocycles. The smallest absolute Gasteiger partial charge is 0.242 e. The second kappa shape index (κ2) is 7.62. The van der Waals surface area contributed by atoms with Crippen LogP contribution in [0.25, 0.3) is 0 Å². The molecule has 2 N–H and O–H groups in total. The summed E-state index contributed by atoms with van der Waals surface area (Å²) in [6.07, 6.45) is 0.0983. The molecule has 3 aromatic rings. The Morgan fingerprint density at radius 2 is 1.93 bits per heavy atom. The lowest BCUT2D eigenvalue weighted by atomic mass is 9.77. The van der Waals surface area contributed by atoms with E-state index in [4.69, 9.17) is 11.6 Å². The van der Waals surface area contributed by atoms with Crippen molar-refractivity contribution in [3.63, 3.8) is 0 Å². The number of thiophene rings is 1. The van der Waals surface area contributed by atoms with E-state index >= 15 is 0 Å². The molecule has 142 valence electrons. The van der Waals surface area contributed by atoms with Crippen molar-refractivity contribution in [3.8, 4) is 5.75 Å². The van der Waals surface area contributed by atoms with Crippen LogP contribution >= 0.6 is 34.7 Å². The van der Waals surface area contributed by atoms with Crippen molar-refractivity contribution < 1.29 is 14.7 Å². The summed E-state index contributed by atoms with van der Waals surface area (Å²) in [5.74, 6) is -0.458. The van der Waals surface area contributed by atoms with Crippen LogP contribution in [-0.2, 0) is 15.1 Å². The van der Waals surface area contributed by atoms with E-state index < -0.39 is 10.8 Å². The van der Waals surface area contributed by atoms with Gasteiger partial charge in [0.25, 0.3) is 0 Å². The molecule has 2 heterocycles. The highest BCUT2D eigenvalue weighted by Gasteiger charge is 2.47. The third-order valence-corrected chi connectivity index (χ3v) is 7.19. The highest BCUT2D eigenvalue weighted by Crippen LogP contribution is 2.42. The molecule has 1 aliphatic heterocycles. The normalized spacial score (nSPS) is 22.1. The van der Waals surface area contributed by atoms with Gasteiger partial charge in [0, 0.05) is 11.3 Å². The van der Waals surface area contributed by atoms with Crippen molar-refractivity contribution in [2.24, 2.45) is 0 Å². The van der Waals surface area contributed by atoms with Crippen LogP contribution in [0.15, 0.2) is 70.3 Å². The number of phenolic OH excluding ortho intramolecular Hbond substituents is 1. The minimum atomic E-state index is -0.996. The molecule has 4 rings (SSSR count). The van der Waals surface area contributed by atoms with Crippen LogP contribution in [-0.4, -0.2) is 22.0 Å². The summed E-state index contributed by atoms with van der Waals surface area (Å²) in [6.45, 7) is 0. The van der Waals surface area contributed by atoms with E-state index in [-0.39, 0.29) is 23.9 Å². The lowest BCUT2D eigenvalue weighted by molar-refractivity contribution is -0.132. The topological polar surface area (TPSA) is 66.4 Å². The van der Waals surface area contributed by atoms with Crippen molar-refractivity contribution >= 4 is 46.4 Å². The number of rotatable bonds is 4. The van der Waals surface area contributed by atoms with Gasteiger partial charge >= 0.3 is 0 Å². The molecule has 28 heavy (non-hydrogen) atoms. The monoisotopic (exact) mass is 429 g/mol. The van der Waals surface area contributed by atoms with Gasteiger partial charge in [-0.15, -0.1) is 11.8 Å². The minimum Gasteiger partial charge on any atom is -0.508 e. The molecule has 1 aliphatic rings. The summed E-state index contributed by atoms with van der Waals surface area (Å²) < 4.78 is 0. The Labute approximate surface area is 175 Å². The lowest BCUT2D eigenvalue weighted by Crippen LogP contribution is -2.57. The van der Waals surface area contributed by atoms with Crippen LogP contribution in [0.4, 0.5) is 0 Å². The van der Waals surface area contributed by atoms with Gasteiger partial charge in [0.15, 0.2) is 5.78 Å². The number of aromatic hydroxyl groups is 1. The van der Waals surface area contributed by atoms with Crippen LogP contribution in [0.3, 0.4) is 0 Å². The zero-order chi connectivity index (χ0) is 19.7. The highest BCUT2D eigenvalue weighted by molar-refractivity contribution is 8.01. The van der Waals surface area contributed by atoms with Crippen molar-refractivity contribution in [3.05, 3.63) is 81.5 Å². The van der Waals surface area contributed by atoms with Crippen LogP contribution in [0.1, 0.15) is 17.5 Å². The van der Waals surface area contributed by atoms with E-state index in [9.17, 15) is 14.7 Å². The van der Waals surface area contributed by atoms with Gasteiger partial charge in [-0.3, -0.25) is 9.59 Å². The Bertz CT molecular complexity index is 1020. The molecule has 0 spiro atoms. The molecule has 0 saturated carbocycles. The highest BCUT2D eigenvalue weighted by atomic mass is 35.5. The number of benzene rings is 2. The van der Waals surface area contributed by atoms with Gasteiger partial charge in [0.2, 0.25) is 5.91 Å². The van der Waals surface area contributed by atoms with E-state index in [0.717, 1.165) is 17.3 Å². The SMILES string of the molecule is O=C1CC(c2ccsc2)(c2cccc(O)c2)NC(=O)C1Sc1ccccc1Cl. The van der Waals surface area contributed by atoms with E-state index in [1.807, 2.05) is 29.0 Å². The molecule has 2 unspecified atom stereocenters. The van der Waals surface area contributed by atoms with Gasteiger partial charge in [-0.25, -0.2) is 0 Å². The van der Waals surface area contributed by atoms with Gasteiger partial charge in [-0.2, -0.15) is 11.3 Å². The van der Waals surface area contributed by atoms with E-state index in [1.54, 1.807) is 36.4 Å². The number of piperidine rings is 1. The fourth-order valence-corrected chi connectivity index (χ4v) is 5.37. The van der Waals surface area contributed by atoms with Gasteiger partial charge in [0.1, 0.15) is 11.0 Å². The van der Waals surface area contributed by atoms with E-state index in [1.165, 1.54) is 11.3 Å². The van der Waals surface area contributed by atoms with Crippen molar-refractivity contribution in [2.75, 3.05) is 0 Å². The maximum absolute atomic E-state index is 13.1. The molecule has 1 amide bonds. The predicted octanol–water partition coefficient (Wildman–Crippen LogP) is 4.60. The Kier molecular flexibility index (Phi) is 5.19. The summed E-state index contributed by atoms with van der Waals surface area (Å²) >= 11 is 8.85. The summed E-state index contributed by atoms with van der Waals surface area (Å²) in [4.78, 5) is 26.8. The predicted molar refractivity (Wildman–Crippen MR) is 112 cm³/mol. The zero-order valence-electron chi connectivity index (χ0n) is 14.6. The molecular weight excluding hydrogens is 414 g/mol. The number of ketones is 1. The fraction of sp³-hybridized carbons (Fsp3) is 0.143. The second-order valence-corrected chi connectivity index (χ2v) is 8.86. The molecule has 0 radical (unpaired) electrons. The largest absolute Gasteiger partial charge is 0.508 e. The fourth-order valence-electron chi connectivity index (χ4n) is 3.40. The molecule has 2 aromatic carbocycles. The first-order chi connectivity index (χ1) is 13.5. The zero-order valence-corrected chi connectivity index (χ0v) is 17.0. The number of phenols is 1. The number of hydrogen-bond acceptors (Lipinski definition) is 5. The van der Waals surface area contributed by atoms with Crippen LogP contribution < -0.4 is 5.32 Å². The summed E-state index contributed by atoms with van der Waals surface area (Å²) in [7, 11) is 0. The summed E-state index contributed by atoms with van der Waals surface area (Å²) in [5, 5.41) is 16.5. The summed E-state index contributed by atoms with van der Waals surface area (Å²) in [6, 6.07) is 15.7. The van der Waals surface area contributed by atoms with Gasteiger partial charge in [0.05, 0.1) is 10.6 Å². The maximum Gasteiger partial charge on any atom is 0.242 e. The number of Topliss-reactive ketones (excluding diaryl/α,β-unsaturated/α-hetero) is 1. The standard InChI is InChI=1S/C21H16ClNO3S2/c22-16-6-1-2-7-18(16)28-19-17(25)11-21(23-20(19)26,14-8-9-27-12-14)13-4-3-5-15(24)10-13/h1-10,12,19,24H,11H2,(H,23,26). The number of carbonyl (C=O) groups excluding carboxylic acids is 2. The first kappa shape index (κ1) is 19.1. The molecule has 2 atom stereocenters. The third kappa shape index (κ3) is 3.43. The van der Waals surface area contributed by atoms with Gasteiger partial charge < -0.3 is 10.4 Å². The Morgan fingerprint density at radius 3 is 2.61 bits per heavy atom. The molecule has 0 bridgehead atoms. The first-order valence-corrected chi connectivity index (χ1v) is 10.8. The molecule has 1 fully saturated rings. The average Bonchev–Trinajstić information content (AvgIpc) is 3.21. The number of hydrogen-bond donors (Lipinski definition) is 2. The van der Waals surface area contributed by atoms with E-state index in [2.05, 4.69) is 5.32 Å². The first-order valence-electron chi connectivity index (χ1n) is 8.58. The number of carbonyl (C=O) groups is 2. The lowest BCUT2D eigenvalue weighted by Gasteiger charge is -2.40. The number of halogens is 1. The molecular formula is C21H16ClNO3S2. The quantitative estimate of drug-likeness (QED) is 0.595. The molecule has 1 aromatic heterocycles. The van der Waals surface area contributed by atoms with Crippen molar-refractivity contribution in [2.45, 2.75) is 22.1 Å². The Balaban J connectivity index is 1.71. The molecule has 1 saturated heterocycles. The Hall–Kier alpha value is -2.28. The van der Waals surface area contributed by atoms with Gasteiger partial charge in [-0.1, -0.05) is 35.9 Å². The van der Waals surface area contributed by atoms with Gasteiger partial charge in [-0.05, 0) is 52.2 Å². The number of nitrogens with one attached hydrogen (secondary N) is 1. The van der Waals surface area contributed by atoms with E-state index in [0.29, 0.717) is 15.5 Å². The van der Waals surface area contributed by atoms with Crippen LogP contribution in [0, 0.1) is 0 Å². The minimum absolute atomic E-state index is 0.0846. The van der Waals surface area contributed by atoms with Crippen molar-refractivity contribution in [1.82, 2.24) is 5.32 Å². The molecule has 4 nitrogen and oxygen atoms in total. The number of thioether (sulfide) groups is 1. The molecule has 7 heteroatoms. The average molecular weight is 430 g/mol. The second-order valence-electron chi connectivity index (χ2n) is 6.53. The summed E-state index contributed by atoms with van der Waals surface area (Å²) in [5.41, 5.74) is 0.504. The number of amides is 1. The van der Waals surface area contributed by atoms with Crippen LogP contribution in [0.5, 0.6) is 5.75 Å². The van der Waals surface area contributed by atoms with Crippen LogP contribution in [0.2, 0.25) is 5.02 Å². The Morgan fingerprint density at radius 1 is 1.11 bits per heavy atom. The maximum atomic E-state index is 13.1. The third-order valence-electron chi connectivity index (χ3n) is 4.74. The van der Waals surface area contributed by atoms with Crippen molar-refractivity contribution in [1.29, 1.82) is 0 Å².